The Morgan fingerprint density at radius 1 is 0.973 bits per heavy atom. The van der Waals surface area contributed by atoms with Crippen LogP contribution in [0.3, 0.4) is 0 Å². The number of aryl methyl sites for hydroxylation is 1. The van der Waals surface area contributed by atoms with Crippen LogP contribution in [-0.4, -0.2) is 40.0 Å². The largest absolute Gasteiger partial charge is 0.354 e. The van der Waals surface area contributed by atoms with Crippen LogP contribution in [-0.2, 0) is 28.3 Å². The molecule has 0 fully saturated rings. The Balaban J connectivity index is 1.80. The van der Waals surface area contributed by atoms with Gasteiger partial charge in [-0.25, -0.2) is 0 Å². The van der Waals surface area contributed by atoms with Crippen molar-refractivity contribution in [3.05, 3.63) is 111 Å². The number of thioether (sulfide) groups is 1. The SMILES string of the molecule is CCCNC(=O)[C@H](Cc1ccccc1)N(Cc1cccc(C)c1)C(=O)CSCc1ccc([N+](=O)[O-])cc1. The second kappa shape index (κ2) is 14.2. The lowest BCUT2D eigenvalue weighted by Gasteiger charge is -2.31. The normalized spacial score (nSPS) is 11.5. The molecule has 0 aliphatic carbocycles. The fourth-order valence-electron chi connectivity index (χ4n) is 3.98. The van der Waals surface area contributed by atoms with Gasteiger partial charge in [-0.2, -0.15) is 0 Å². The van der Waals surface area contributed by atoms with Crippen LogP contribution < -0.4 is 5.32 Å². The molecule has 3 rings (SSSR count). The number of amides is 2. The van der Waals surface area contributed by atoms with Gasteiger partial charge in [0.2, 0.25) is 11.8 Å². The molecule has 3 aromatic rings. The van der Waals surface area contributed by atoms with Gasteiger partial charge in [-0.15, -0.1) is 11.8 Å². The highest BCUT2D eigenvalue weighted by Crippen LogP contribution is 2.20. The van der Waals surface area contributed by atoms with Crippen LogP contribution in [0.5, 0.6) is 0 Å². The van der Waals surface area contributed by atoms with Gasteiger partial charge in [-0.1, -0.05) is 79.2 Å². The Morgan fingerprint density at radius 3 is 2.32 bits per heavy atom. The van der Waals surface area contributed by atoms with E-state index in [1.54, 1.807) is 17.0 Å². The van der Waals surface area contributed by atoms with E-state index in [1.165, 1.54) is 23.9 Å². The lowest BCUT2D eigenvalue weighted by atomic mass is 10.0. The van der Waals surface area contributed by atoms with Gasteiger partial charge in [0, 0.05) is 37.4 Å². The summed E-state index contributed by atoms with van der Waals surface area (Å²) in [4.78, 5) is 39.1. The van der Waals surface area contributed by atoms with Crippen LogP contribution in [0.2, 0.25) is 0 Å². The molecule has 2 amide bonds. The third kappa shape index (κ3) is 8.75. The summed E-state index contributed by atoms with van der Waals surface area (Å²) in [6, 6.07) is 23.4. The molecular weight excluding hydrogens is 486 g/mol. The van der Waals surface area contributed by atoms with Crippen molar-refractivity contribution in [2.75, 3.05) is 12.3 Å². The summed E-state index contributed by atoms with van der Waals surface area (Å²) in [6.07, 6.45) is 1.22. The molecular formula is C29H33N3O4S. The van der Waals surface area contributed by atoms with Crippen LogP contribution in [0.1, 0.15) is 35.6 Å². The Morgan fingerprint density at radius 2 is 1.68 bits per heavy atom. The fourth-order valence-corrected chi connectivity index (χ4v) is 4.85. The number of nitrogens with one attached hydrogen (secondary N) is 1. The molecule has 0 unspecified atom stereocenters. The number of benzene rings is 3. The van der Waals surface area contributed by atoms with E-state index >= 15 is 0 Å². The second-order valence-corrected chi connectivity index (χ2v) is 9.91. The number of rotatable bonds is 13. The van der Waals surface area contributed by atoms with Gasteiger partial charge in [0.05, 0.1) is 10.7 Å². The standard InChI is InChI=1S/C29H33N3O4S/c1-3-16-30-29(34)27(18-23-9-5-4-6-10-23)31(19-25-11-7-8-22(2)17-25)28(33)21-37-20-24-12-14-26(15-13-24)32(35)36/h4-15,17,27H,3,16,18-21H2,1-2H3,(H,30,34)/t27-/m0/s1. The Kier molecular flexibility index (Phi) is 10.7. The van der Waals surface area contributed by atoms with Gasteiger partial charge in [-0.05, 0) is 30.0 Å². The smallest absolute Gasteiger partial charge is 0.269 e. The highest BCUT2D eigenvalue weighted by Gasteiger charge is 2.30. The summed E-state index contributed by atoms with van der Waals surface area (Å²) >= 11 is 1.43. The molecule has 194 valence electrons. The molecule has 7 nitrogen and oxygen atoms in total. The molecule has 8 heteroatoms. The van der Waals surface area contributed by atoms with E-state index in [1.807, 2.05) is 68.4 Å². The topological polar surface area (TPSA) is 92.6 Å². The molecule has 3 aromatic carbocycles. The zero-order chi connectivity index (χ0) is 26.6. The first kappa shape index (κ1) is 27.9. The molecule has 0 heterocycles. The van der Waals surface area contributed by atoms with Crippen LogP contribution >= 0.6 is 11.8 Å². The third-order valence-electron chi connectivity index (χ3n) is 5.90. The number of carbonyl (C=O) groups is 2. The van der Waals surface area contributed by atoms with Crippen LogP contribution in [0, 0.1) is 17.0 Å². The van der Waals surface area contributed by atoms with E-state index in [-0.39, 0.29) is 23.3 Å². The number of hydrogen-bond donors (Lipinski definition) is 1. The highest BCUT2D eigenvalue weighted by molar-refractivity contribution is 7.99. The monoisotopic (exact) mass is 519 g/mol. The molecule has 1 atom stereocenters. The first-order valence-corrected chi connectivity index (χ1v) is 13.5. The number of nitro groups is 1. The van der Waals surface area contributed by atoms with Gasteiger partial charge in [0.25, 0.3) is 5.69 Å². The third-order valence-corrected chi connectivity index (χ3v) is 6.89. The van der Waals surface area contributed by atoms with Crippen LogP contribution in [0.25, 0.3) is 0 Å². The molecule has 1 N–H and O–H groups in total. The minimum Gasteiger partial charge on any atom is -0.354 e. The van der Waals surface area contributed by atoms with Crippen molar-refractivity contribution in [1.82, 2.24) is 10.2 Å². The van der Waals surface area contributed by atoms with Gasteiger partial charge in [0.1, 0.15) is 6.04 Å². The number of carbonyl (C=O) groups excluding carboxylic acids is 2. The average Bonchev–Trinajstić information content (AvgIpc) is 2.90. The summed E-state index contributed by atoms with van der Waals surface area (Å²) in [5.41, 5.74) is 3.98. The number of non-ortho nitro benzene ring substituents is 1. The minimum atomic E-state index is -0.651. The van der Waals surface area contributed by atoms with E-state index < -0.39 is 11.0 Å². The molecule has 0 aliphatic heterocycles. The van der Waals surface area contributed by atoms with E-state index in [9.17, 15) is 19.7 Å². The summed E-state index contributed by atoms with van der Waals surface area (Å²) in [7, 11) is 0. The first-order valence-electron chi connectivity index (χ1n) is 12.3. The van der Waals surface area contributed by atoms with Crippen molar-refractivity contribution in [3.8, 4) is 0 Å². The van der Waals surface area contributed by atoms with Crippen LogP contribution in [0.15, 0.2) is 78.9 Å². The molecule has 0 saturated carbocycles. The fraction of sp³-hybridized carbons (Fsp3) is 0.310. The molecule has 0 radical (unpaired) electrons. The summed E-state index contributed by atoms with van der Waals surface area (Å²) in [5.74, 6) is 0.441. The van der Waals surface area contributed by atoms with Crippen molar-refractivity contribution in [2.24, 2.45) is 0 Å². The molecule has 0 bridgehead atoms. The Bertz CT molecular complexity index is 1190. The minimum absolute atomic E-state index is 0.0380. The van der Waals surface area contributed by atoms with Gasteiger partial charge in [0.15, 0.2) is 0 Å². The molecule has 0 spiro atoms. The first-order chi connectivity index (χ1) is 17.9. The highest BCUT2D eigenvalue weighted by atomic mass is 32.2. The molecule has 0 saturated heterocycles. The summed E-state index contributed by atoms with van der Waals surface area (Å²) in [5, 5.41) is 13.9. The number of nitro benzene ring substituents is 1. The predicted octanol–water partition coefficient (Wildman–Crippen LogP) is 5.30. The predicted molar refractivity (Wildman–Crippen MR) is 148 cm³/mol. The van der Waals surface area contributed by atoms with Gasteiger partial charge < -0.3 is 10.2 Å². The Hall–Kier alpha value is -3.65. The number of hydrogen-bond acceptors (Lipinski definition) is 5. The van der Waals surface area contributed by atoms with E-state index in [0.717, 1.165) is 28.7 Å². The van der Waals surface area contributed by atoms with Crippen molar-refractivity contribution < 1.29 is 14.5 Å². The maximum Gasteiger partial charge on any atom is 0.269 e. The molecule has 0 aromatic heterocycles. The van der Waals surface area contributed by atoms with Gasteiger partial charge >= 0.3 is 0 Å². The van der Waals surface area contributed by atoms with Crippen molar-refractivity contribution in [1.29, 1.82) is 0 Å². The van der Waals surface area contributed by atoms with Crippen LogP contribution in [0.4, 0.5) is 5.69 Å². The zero-order valence-electron chi connectivity index (χ0n) is 21.3. The summed E-state index contributed by atoms with van der Waals surface area (Å²) < 4.78 is 0. The van der Waals surface area contributed by atoms with E-state index in [0.29, 0.717) is 25.3 Å². The van der Waals surface area contributed by atoms with E-state index in [2.05, 4.69) is 5.32 Å². The Labute approximate surface area is 222 Å². The maximum absolute atomic E-state index is 13.6. The van der Waals surface area contributed by atoms with Gasteiger partial charge in [-0.3, -0.25) is 19.7 Å². The van der Waals surface area contributed by atoms with Crippen molar-refractivity contribution in [3.63, 3.8) is 0 Å². The summed E-state index contributed by atoms with van der Waals surface area (Å²) in [6.45, 7) is 4.88. The second-order valence-electron chi connectivity index (χ2n) is 8.92. The molecule has 0 aliphatic rings. The average molecular weight is 520 g/mol. The molecule has 37 heavy (non-hydrogen) atoms. The van der Waals surface area contributed by atoms with Crippen molar-refractivity contribution in [2.45, 2.75) is 45.0 Å². The lowest BCUT2D eigenvalue weighted by molar-refractivity contribution is -0.384. The van der Waals surface area contributed by atoms with E-state index in [4.69, 9.17) is 0 Å². The number of nitrogens with zero attached hydrogens (tertiary/aromatic N) is 2. The maximum atomic E-state index is 13.6. The quantitative estimate of drug-likeness (QED) is 0.244. The zero-order valence-corrected chi connectivity index (χ0v) is 22.1. The lowest BCUT2D eigenvalue weighted by Crippen LogP contribution is -2.51. The van der Waals surface area contributed by atoms with Crippen molar-refractivity contribution >= 4 is 29.3 Å².